The molecule has 30 heavy (non-hydrogen) atoms. The van der Waals surface area contributed by atoms with E-state index in [-0.39, 0.29) is 10.5 Å². The van der Waals surface area contributed by atoms with Crippen molar-refractivity contribution in [1.82, 2.24) is 10.2 Å². The van der Waals surface area contributed by atoms with Crippen LogP contribution in [0.25, 0.3) is 17.4 Å². The van der Waals surface area contributed by atoms with Crippen LogP contribution < -0.4 is 10.5 Å². The van der Waals surface area contributed by atoms with Gasteiger partial charge in [-0.15, -0.1) is 0 Å². The second-order valence-electron chi connectivity index (χ2n) is 7.10. The lowest BCUT2D eigenvalue weighted by Gasteiger charge is -2.26. The number of nitrogens with zero attached hydrogens (tertiary/aromatic N) is 2. The van der Waals surface area contributed by atoms with E-state index in [9.17, 15) is 18.5 Å². The van der Waals surface area contributed by atoms with Gasteiger partial charge in [0.1, 0.15) is 23.2 Å². The summed E-state index contributed by atoms with van der Waals surface area (Å²) in [5.74, 6) is 0.387. The fourth-order valence-electron chi connectivity index (χ4n) is 3.29. The van der Waals surface area contributed by atoms with Crippen molar-refractivity contribution in [3.05, 3.63) is 47.7 Å². The first-order valence-corrected chi connectivity index (χ1v) is 11.3. The molecule has 3 N–H and O–H groups in total. The molecule has 9 heteroatoms. The number of carbonyl (C=O) groups is 1. The summed E-state index contributed by atoms with van der Waals surface area (Å²) < 4.78 is 28.4. The van der Waals surface area contributed by atoms with Crippen LogP contribution >= 0.6 is 0 Å². The van der Waals surface area contributed by atoms with E-state index < -0.39 is 15.9 Å². The molecule has 1 aliphatic heterocycles. The van der Waals surface area contributed by atoms with Crippen molar-refractivity contribution in [3.63, 3.8) is 0 Å². The van der Waals surface area contributed by atoms with E-state index in [1.807, 2.05) is 6.07 Å². The standard InChI is InChI=1S/C21H24N4O4S/c22-15-17(21(26)24-10-13-25-11-2-1-3-12-25)14-18-6-9-20(29-18)16-4-7-19(8-5-16)30(23,27)28/h4-9,14H,1-3,10-13H2,(H,24,26)(H2,23,27,28). The summed E-state index contributed by atoms with van der Waals surface area (Å²) in [4.78, 5) is 14.6. The number of hydrogen-bond donors (Lipinski definition) is 2. The minimum Gasteiger partial charge on any atom is -0.457 e. The van der Waals surface area contributed by atoms with Crippen molar-refractivity contribution in [2.24, 2.45) is 5.14 Å². The summed E-state index contributed by atoms with van der Waals surface area (Å²) in [7, 11) is -3.76. The van der Waals surface area contributed by atoms with Gasteiger partial charge in [0, 0.05) is 24.7 Å². The molecule has 1 aromatic heterocycles. The van der Waals surface area contributed by atoms with Gasteiger partial charge in [0.2, 0.25) is 10.0 Å². The van der Waals surface area contributed by atoms with Crippen LogP contribution in [-0.4, -0.2) is 45.4 Å². The average Bonchev–Trinajstić information content (AvgIpc) is 3.21. The fourth-order valence-corrected chi connectivity index (χ4v) is 3.81. The highest BCUT2D eigenvalue weighted by Gasteiger charge is 2.14. The molecule has 158 valence electrons. The summed E-state index contributed by atoms with van der Waals surface area (Å²) in [5.41, 5.74) is 0.602. The number of sulfonamides is 1. The normalized spacial score (nSPS) is 15.5. The van der Waals surface area contributed by atoms with Crippen LogP contribution in [-0.2, 0) is 14.8 Å². The zero-order valence-corrected chi connectivity index (χ0v) is 17.3. The number of hydrogen-bond acceptors (Lipinski definition) is 6. The van der Waals surface area contributed by atoms with E-state index in [0.717, 1.165) is 19.6 Å². The quantitative estimate of drug-likeness (QED) is 0.513. The van der Waals surface area contributed by atoms with Gasteiger partial charge in [0.05, 0.1) is 4.90 Å². The van der Waals surface area contributed by atoms with Gasteiger partial charge in [-0.1, -0.05) is 6.42 Å². The molecule has 1 aliphatic rings. The Morgan fingerprint density at radius 3 is 2.50 bits per heavy atom. The number of furan rings is 1. The molecule has 1 saturated heterocycles. The maximum atomic E-state index is 12.3. The molecule has 0 bridgehead atoms. The number of primary sulfonamides is 1. The van der Waals surface area contributed by atoms with Crippen molar-refractivity contribution in [1.29, 1.82) is 5.26 Å². The predicted molar refractivity (Wildman–Crippen MR) is 112 cm³/mol. The average molecular weight is 429 g/mol. The van der Waals surface area contributed by atoms with Crippen LogP contribution in [0.3, 0.4) is 0 Å². The Morgan fingerprint density at radius 1 is 1.17 bits per heavy atom. The van der Waals surface area contributed by atoms with Crippen LogP contribution in [0.2, 0.25) is 0 Å². The first-order valence-electron chi connectivity index (χ1n) is 9.72. The number of nitrogens with one attached hydrogen (secondary N) is 1. The fraction of sp³-hybridized carbons (Fsp3) is 0.333. The summed E-state index contributed by atoms with van der Waals surface area (Å²) in [6, 6.07) is 11.2. The molecule has 2 heterocycles. The first-order chi connectivity index (χ1) is 14.4. The number of piperidine rings is 1. The zero-order valence-electron chi connectivity index (χ0n) is 16.5. The molecule has 8 nitrogen and oxygen atoms in total. The third-order valence-corrected chi connectivity index (χ3v) is 5.84. The van der Waals surface area contributed by atoms with Crippen molar-refractivity contribution in [2.75, 3.05) is 26.2 Å². The third-order valence-electron chi connectivity index (χ3n) is 4.91. The van der Waals surface area contributed by atoms with Gasteiger partial charge in [-0.05, 0) is 62.3 Å². The minimum absolute atomic E-state index is 0.00548. The third kappa shape index (κ3) is 5.79. The zero-order chi connectivity index (χ0) is 21.6. The molecular formula is C21H24N4O4S. The maximum absolute atomic E-state index is 12.3. The predicted octanol–water partition coefficient (Wildman–Crippen LogP) is 2.10. The van der Waals surface area contributed by atoms with E-state index in [4.69, 9.17) is 9.56 Å². The van der Waals surface area contributed by atoms with Gasteiger partial charge >= 0.3 is 0 Å². The van der Waals surface area contributed by atoms with Gasteiger partial charge in [0.25, 0.3) is 5.91 Å². The Bertz CT molecular complexity index is 1060. The number of benzene rings is 1. The van der Waals surface area contributed by atoms with Crippen LogP contribution in [0.15, 0.2) is 51.3 Å². The van der Waals surface area contributed by atoms with Crippen LogP contribution in [0.4, 0.5) is 0 Å². The van der Waals surface area contributed by atoms with E-state index >= 15 is 0 Å². The largest absolute Gasteiger partial charge is 0.457 e. The number of nitrogens with two attached hydrogens (primary N) is 1. The molecule has 0 atom stereocenters. The van der Waals surface area contributed by atoms with Crippen molar-refractivity contribution in [2.45, 2.75) is 24.2 Å². The molecule has 1 fully saturated rings. The second kappa shape index (κ2) is 9.71. The van der Waals surface area contributed by atoms with E-state index in [2.05, 4.69) is 10.2 Å². The summed E-state index contributed by atoms with van der Waals surface area (Å²) in [5, 5.41) is 17.2. The topological polar surface area (TPSA) is 129 Å². The number of nitriles is 1. The molecule has 0 spiro atoms. The van der Waals surface area contributed by atoms with Gasteiger partial charge in [-0.3, -0.25) is 4.79 Å². The lowest BCUT2D eigenvalue weighted by Crippen LogP contribution is -2.37. The lowest BCUT2D eigenvalue weighted by molar-refractivity contribution is -0.117. The van der Waals surface area contributed by atoms with E-state index in [1.54, 1.807) is 24.3 Å². The Balaban J connectivity index is 1.62. The highest BCUT2D eigenvalue weighted by atomic mass is 32.2. The summed E-state index contributed by atoms with van der Waals surface area (Å²) >= 11 is 0. The van der Waals surface area contributed by atoms with Crippen molar-refractivity contribution in [3.8, 4) is 17.4 Å². The molecule has 1 amide bonds. The van der Waals surface area contributed by atoms with Gasteiger partial charge in [-0.25, -0.2) is 13.6 Å². The molecule has 0 aliphatic carbocycles. The van der Waals surface area contributed by atoms with Gasteiger partial charge in [-0.2, -0.15) is 5.26 Å². The number of likely N-dealkylation sites (tertiary alicyclic amines) is 1. The summed E-state index contributed by atoms with van der Waals surface area (Å²) in [6.45, 7) is 3.34. The highest BCUT2D eigenvalue weighted by molar-refractivity contribution is 7.89. The number of carbonyl (C=O) groups excluding carboxylic acids is 1. The smallest absolute Gasteiger partial charge is 0.262 e. The van der Waals surface area contributed by atoms with Crippen LogP contribution in [0.5, 0.6) is 0 Å². The molecule has 3 rings (SSSR count). The monoisotopic (exact) mass is 428 g/mol. The number of rotatable bonds is 7. The SMILES string of the molecule is N#CC(=Cc1ccc(-c2ccc(S(N)(=O)=O)cc2)o1)C(=O)NCCN1CCCCC1. The van der Waals surface area contributed by atoms with E-state index in [0.29, 0.717) is 23.6 Å². The Labute approximate surface area is 176 Å². The molecule has 0 radical (unpaired) electrons. The second-order valence-corrected chi connectivity index (χ2v) is 8.66. The van der Waals surface area contributed by atoms with Crippen molar-refractivity contribution >= 4 is 22.0 Å². The van der Waals surface area contributed by atoms with Crippen molar-refractivity contribution < 1.29 is 17.6 Å². The molecule has 2 aromatic rings. The van der Waals surface area contributed by atoms with Gasteiger partial charge in [0.15, 0.2) is 0 Å². The van der Waals surface area contributed by atoms with Gasteiger partial charge < -0.3 is 14.6 Å². The molecule has 1 aromatic carbocycles. The Morgan fingerprint density at radius 2 is 1.87 bits per heavy atom. The first kappa shape index (κ1) is 21.8. The number of amides is 1. The van der Waals surface area contributed by atoms with Crippen LogP contribution in [0.1, 0.15) is 25.0 Å². The maximum Gasteiger partial charge on any atom is 0.262 e. The summed E-state index contributed by atoms with van der Waals surface area (Å²) in [6.07, 6.45) is 5.01. The Kier molecular flexibility index (Phi) is 7.05. The molecule has 0 saturated carbocycles. The highest BCUT2D eigenvalue weighted by Crippen LogP contribution is 2.24. The van der Waals surface area contributed by atoms with E-state index in [1.165, 1.54) is 37.5 Å². The van der Waals surface area contributed by atoms with Crippen LogP contribution in [0, 0.1) is 11.3 Å². The molecule has 0 unspecified atom stereocenters. The Hall–Kier alpha value is -2.93. The lowest BCUT2D eigenvalue weighted by atomic mass is 10.1. The minimum atomic E-state index is -3.76. The molecular weight excluding hydrogens is 404 g/mol.